The number of nitrogens with zero attached hydrogens (tertiary/aromatic N) is 1. The second kappa shape index (κ2) is 52.7. The molecule has 1 aliphatic rings. The summed E-state index contributed by atoms with van der Waals surface area (Å²) < 4.78 is 40.8. The van der Waals surface area contributed by atoms with Gasteiger partial charge in [-0.1, -0.05) is 182 Å². The molecular weight excluding hydrogens is 965 g/mol. The van der Waals surface area contributed by atoms with Gasteiger partial charge in [0.2, 0.25) is 0 Å². The van der Waals surface area contributed by atoms with E-state index in [4.69, 9.17) is 33.2 Å². The first kappa shape index (κ1) is 71.0. The Morgan fingerprint density at radius 1 is 0.421 bits per heavy atom. The highest BCUT2D eigenvalue weighted by atomic mass is 16.7. The van der Waals surface area contributed by atoms with Crippen molar-refractivity contribution in [3.63, 3.8) is 0 Å². The molecule has 0 aromatic heterocycles. The summed E-state index contributed by atoms with van der Waals surface area (Å²) in [5.74, 6) is -1.63. The van der Waals surface area contributed by atoms with E-state index in [0.717, 1.165) is 77.4 Å². The van der Waals surface area contributed by atoms with Crippen LogP contribution in [-0.2, 0) is 52.3 Å². The Morgan fingerprint density at radius 3 is 1.34 bits per heavy atom. The lowest BCUT2D eigenvalue weighted by Gasteiger charge is -2.21. The standard InChI is InChI=1S/C62H116N2O12.H2/c1-6-11-16-21-23-32-48-71-61(72-49-33-24-22-17-12-7-2)42-41-60(68)75-53-55(52-74-59(67)40-39-56(36-27-20-15-10-5)76-62(69)63-44-47-64-45-30-31-46-64)51-73-58(66)38-29-28-37-57(65)70-50-43-54(34-25-18-13-8-3)35-26-19-14-9-4;/h54-56,61H,6-53H2,1-5H3,(H,63,69);1H. The van der Waals surface area contributed by atoms with Crippen molar-refractivity contribution in [2.75, 3.05) is 65.8 Å². The van der Waals surface area contributed by atoms with Crippen molar-refractivity contribution >= 4 is 30.0 Å². The zero-order valence-corrected chi connectivity index (χ0v) is 49.6. The van der Waals surface area contributed by atoms with Crippen LogP contribution in [0.2, 0.25) is 0 Å². The van der Waals surface area contributed by atoms with Crippen LogP contribution in [0.1, 0.15) is 280 Å². The molecule has 1 N–H and O–H groups in total. The molecule has 1 fully saturated rings. The maximum absolute atomic E-state index is 13.2. The molecule has 1 saturated heterocycles. The average molecular weight is 1080 g/mol. The average Bonchev–Trinajstić information content (AvgIpc) is 3.94. The highest BCUT2D eigenvalue weighted by Gasteiger charge is 2.22. The summed E-state index contributed by atoms with van der Waals surface area (Å²) in [6, 6.07) is 0. The van der Waals surface area contributed by atoms with Crippen molar-refractivity contribution < 1.29 is 58.6 Å². The van der Waals surface area contributed by atoms with Gasteiger partial charge in [-0.2, -0.15) is 0 Å². The normalized spacial score (nSPS) is 13.5. The van der Waals surface area contributed by atoms with Gasteiger partial charge in [0.1, 0.15) is 25.9 Å². The van der Waals surface area contributed by atoms with Gasteiger partial charge in [-0.15, -0.1) is 0 Å². The van der Waals surface area contributed by atoms with Gasteiger partial charge in [-0.3, -0.25) is 19.2 Å². The number of likely N-dealkylation sites (tertiary alicyclic amines) is 1. The zero-order valence-electron chi connectivity index (χ0n) is 49.6. The van der Waals surface area contributed by atoms with E-state index in [1.54, 1.807) is 0 Å². The maximum Gasteiger partial charge on any atom is 0.407 e. The minimum atomic E-state index is -0.611. The lowest BCUT2D eigenvalue weighted by molar-refractivity contribution is -0.162. The topological polar surface area (TPSA) is 165 Å². The molecule has 14 heteroatoms. The number of hydrogen-bond donors (Lipinski definition) is 1. The molecule has 0 bridgehead atoms. The van der Waals surface area contributed by atoms with Crippen LogP contribution in [0.15, 0.2) is 0 Å². The van der Waals surface area contributed by atoms with Crippen LogP contribution in [0.5, 0.6) is 0 Å². The Morgan fingerprint density at radius 2 is 0.842 bits per heavy atom. The molecule has 14 nitrogen and oxygen atoms in total. The number of alkyl carbamates (subject to hydrolysis) is 1. The smallest absolute Gasteiger partial charge is 0.407 e. The Bertz CT molecular complexity index is 1360. The summed E-state index contributed by atoms with van der Waals surface area (Å²) in [5, 5.41) is 2.88. The fraction of sp³-hybridized carbons (Fsp3) is 0.919. The molecule has 1 aliphatic heterocycles. The summed E-state index contributed by atoms with van der Waals surface area (Å²) in [4.78, 5) is 67.2. The number of esters is 4. The monoisotopic (exact) mass is 1080 g/mol. The molecule has 0 aliphatic carbocycles. The van der Waals surface area contributed by atoms with Gasteiger partial charge in [0.15, 0.2) is 6.29 Å². The number of unbranched alkanes of at least 4 members (excludes halogenated alkanes) is 20. The van der Waals surface area contributed by atoms with Crippen molar-refractivity contribution in [3.8, 4) is 0 Å². The third-order valence-corrected chi connectivity index (χ3v) is 14.6. The van der Waals surface area contributed by atoms with Gasteiger partial charge in [0, 0.05) is 53.4 Å². The van der Waals surface area contributed by atoms with Crippen LogP contribution in [0, 0.1) is 11.8 Å². The number of hydrogen-bond acceptors (Lipinski definition) is 13. The van der Waals surface area contributed by atoms with Crippen LogP contribution in [0.4, 0.5) is 4.79 Å². The van der Waals surface area contributed by atoms with E-state index in [1.807, 2.05) is 0 Å². The summed E-state index contributed by atoms with van der Waals surface area (Å²) in [7, 11) is 0. The van der Waals surface area contributed by atoms with Crippen LogP contribution in [0.3, 0.4) is 0 Å². The molecule has 1 heterocycles. The van der Waals surface area contributed by atoms with Gasteiger partial charge in [0.05, 0.1) is 18.9 Å². The molecule has 0 saturated carbocycles. The highest BCUT2D eigenvalue weighted by Crippen LogP contribution is 2.22. The third-order valence-electron chi connectivity index (χ3n) is 14.6. The number of rotatable bonds is 55. The quantitative estimate of drug-likeness (QED) is 0.0265. The molecule has 76 heavy (non-hydrogen) atoms. The van der Waals surface area contributed by atoms with Crippen molar-refractivity contribution in [2.24, 2.45) is 11.8 Å². The number of carbonyl (C=O) groups excluding carboxylic acids is 5. The SMILES string of the molecule is CCCCCCCCOC(CCC(=O)OCC(COC(=O)CCCCC(=O)OCCC(CCCCCC)CCCCCC)COC(=O)CCC(CCCCCC)OC(=O)NCCN1CCCC1)OCCCCCCCC.[HH]. The van der Waals surface area contributed by atoms with E-state index in [1.165, 1.54) is 128 Å². The molecule has 1 amide bonds. The van der Waals surface area contributed by atoms with Crippen molar-refractivity contribution in [2.45, 2.75) is 291 Å². The van der Waals surface area contributed by atoms with Crippen LogP contribution in [-0.4, -0.2) is 113 Å². The van der Waals surface area contributed by atoms with E-state index < -0.39 is 42.3 Å². The van der Waals surface area contributed by atoms with Crippen molar-refractivity contribution in [1.29, 1.82) is 0 Å². The zero-order chi connectivity index (χ0) is 55.4. The lowest BCUT2D eigenvalue weighted by atomic mass is 9.92. The fourth-order valence-corrected chi connectivity index (χ4v) is 9.60. The molecule has 0 aromatic carbocycles. The predicted molar refractivity (Wildman–Crippen MR) is 307 cm³/mol. The van der Waals surface area contributed by atoms with Crippen molar-refractivity contribution in [1.82, 2.24) is 10.2 Å². The molecule has 0 spiro atoms. The number of amides is 1. The molecular formula is C62H118N2O12. The molecule has 2 unspecified atom stereocenters. The minimum absolute atomic E-state index is 0. The second-order valence-corrected chi connectivity index (χ2v) is 21.8. The third kappa shape index (κ3) is 45.0. The van der Waals surface area contributed by atoms with E-state index >= 15 is 0 Å². The van der Waals surface area contributed by atoms with Gasteiger partial charge in [-0.05, 0) is 83.2 Å². The summed E-state index contributed by atoms with van der Waals surface area (Å²) in [6.07, 6.45) is 34.8. The van der Waals surface area contributed by atoms with Crippen LogP contribution >= 0.6 is 0 Å². The van der Waals surface area contributed by atoms with Crippen LogP contribution in [0.25, 0.3) is 0 Å². The summed E-state index contributed by atoms with van der Waals surface area (Å²) in [5.41, 5.74) is 0. The highest BCUT2D eigenvalue weighted by molar-refractivity contribution is 5.71. The Balaban J connectivity index is 0.0000578. The fourth-order valence-electron chi connectivity index (χ4n) is 9.60. The molecule has 1 rings (SSSR count). The first-order valence-corrected chi connectivity index (χ1v) is 31.7. The molecule has 0 aromatic rings. The van der Waals surface area contributed by atoms with Gasteiger partial charge >= 0.3 is 30.0 Å². The maximum atomic E-state index is 13.2. The Labute approximate surface area is 465 Å². The Hall–Kier alpha value is -2.97. The molecule has 2 atom stereocenters. The number of ether oxygens (including phenoxy) is 7. The number of nitrogens with one attached hydrogen (secondary N) is 1. The molecule has 448 valence electrons. The summed E-state index contributed by atoms with van der Waals surface area (Å²) >= 11 is 0. The predicted octanol–water partition coefficient (Wildman–Crippen LogP) is 15.3. The second-order valence-electron chi connectivity index (χ2n) is 21.8. The van der Waals surface area contributed by atoms with Crippen LogP contribution < -0.4 is 5.32 Å². The van der Waals surface area contributed by atoms with E-state index in [-0.39, 0.29) is 52.9 Å². The minimum Gasteiger partial charge on any atom is -0.466 e. The van der Waals surface area contributed by atoms with Gasteiger partial charge in [-0.25, -0.2) is 4.79 Å². The van der Waals surface area contributed by atoms with E-state index in [0.29, 0.717) is 64.4 Å². The van der Waals surface area contributed by atoms with E-state index in [2.05, 4.69) is 44.8 Å². The largest absolute Gasteiger partial charge is 0.466 e. The van der Waals surface area contributed by atoms with Crippen molar-refractivity contribution in [3.05, 3.63) is 0 Å². The van der Waals surface area contributed by atoms with Gasteiger partial charge in [0.25, 0.3) is 0 Å². The summed E-state index contributed by atoms with van der Waals surface area (Å²) in [6.45, 7) is 15.6. The van der Waals surface area contributed by atoms with Gasteiger partial charge < -0.3 is 43.4 Å². The molecule has 0 radical (unpaired) electrons. The first-order chi connectivity index (χ1) is 37.1. The van der Waals surface area contributed by atoms with E-state index in [9.17, 15) is 24.0 Å². The first-order valence-electron chi connectivity index (χ1n) is 31.7. The Kier molecular flexibility index (Phi) is 49.3. The number of carbonyl (C=O) groups is 5. The lowest BCUT2D eigenvalue weighted by Crippen LogP contribution is -2.35.